The Morgan fingerprint density at radius 1 is 1.30 bits per heavy atom. The predicted molar refractivity (Wildman–Crippen MR) is 77.3 cm³/mol. The van der Waals surface area contributed by atoms with Crippen molar-refractivity contribution in [3.63, 3.8) is 0 Å². The molecular formula is C15H23NO4. The number of carbonyl (C=O) groups is 1. The van der Waals surface area contributed by atoms with Gasteiger partial charge in [-0.25, -0.2) is 0 Å². The fourth-order valence-electron chi connectivity index (χ4n) is 1.62. The third-order valence-electron chi connectivity index (χ3n) is 2.75. The zero-order chi connectivity index (χ0) is 15.0. The van der Waals surface area contributed by atoms with Crippen LogP contribution in [-0.4, -0.2) is 30.3 Å². The summed E-state index contributed by atoms with van der Waals surface area (Å²) in [4.78, 5) is 10.8. The summed E-state index contributed by atoms with van der Waals surface area (Å²) in [6, 6.07) is 5.08. The van der Waals surface area contributed by atoms with Gasteiger partial charge in [0.25, 0.3) is 0 Å². The average Bonchev–Trinajstić information content (AvgIpc) is 2.44. The Bertz CT molecular complexity index is 434. The van der Waals surface area contributed by atoms with Crippen LogP contribution in [0.5, 0.6) is 11.5 Å². The van der Waals surface area contributed by atoms with Gasteiger partial charge in [-0.05, 0) is 38.0 Å². The van der Waals surface area contributed by atoms with Crippen LogP contribution in [0.15, 0.2) is 18.2 Å². The first-order valence-electron chi connectivity index (χ1n) is 6.93. The van der Waals surface area contributed by atoms with Crippen molar-refractivity contribution in [1.82, 2.24) is 5.32 Å². The Kier molecular flexibility index (Phi) is 6.87. The van der Waals surface area contributed by atoms with Crippen molar-refractivity contribution < 1.29 is 19.4 Å². The summed E-state index contributed by atoms with van der Waals surface area (Å²) in [5.74, 6) is 0.560. The molecule has 0 amide bonds. The van der Waals surface area contributed by atoms with E-state index >= 15 is 0 Å². The van der Waals surface area contributed by atoms with Crippen molar-refractivity contribution in [2.75, 3.05) is 13.2 Å². The topological polar surface area (TPSA) is 67.8 Å². The minimum Gasteiger partial charge on any atom is -0.490 e. The van der Waals surface area contributed by atoms with Gasteiger partial charge in [0.05, 0.1) is 13.2 Å². The fraction of sp³-hybridized carbons (Fsp3) is 0.533. The van der Waals surface area contributed by atoms with E-state index < -0.39 is 12.0 Å². The van der Waals surface area contributed by atoms with Crippen LogP contribution < -0.4 is 14.8 Å². The molecule has 0 saturated carbocycles. The number of aliphatic carboxylic acids is 1. The fourth-order valence-corrected chi connectivity index (χ4v) is 1.62. The molecule has 5 nitrogen and oxygen atoms in total. The maximum Gasteiger partial charge on any atom is 0.320 e. The van der Waals surface area contributed by atoms with Crippen LogP contribution in [0.3, 0.4) is 0 Å². The molecule has 0 aliphatic rings. The van der Waals surface area contributed by atoms with Crippen LogP contribution >= 0.6 is 0 Å². The van der Waals surface area contributed by atoms with Crippen LogP contribution in [0.4, 0.5) is 0 Å². The Hall–Kier alpha value is -1.75. The summed E-state index contributed by atoms with van der Waals surface area (Å²) in [5.41, 5.74) is 0.963. The number of carboxylic acid groups (broad SMARTS) is 1. The number of benzene rings is 1. The molecule has 1 atom stereocenters. The summed E-state index contributed by atoms with van der Waals surface area (Å²) in [5, 5.41) is 11.8. The van der Waals surface area contributed by atoms with Gasteiger partial charge in [0.1, 0.15) is 6.04 Å². The highest BCUT2D eigenvalue weighted by Crippen LogP contribution is 2.28. The molecule has 0 bridgehead atoms. The minimum atomic E-state index is -0.863. The van der Waals surface area contributed by atoms with Gasteiger partial charge in [0.15, 0.2) is 11.5 Å². The first-order chi connectivity index (χ1) is 9.58. The van der Waals surface area contributed by atoms with Crippen molar-refractivity contribution in [3.8, 4) is 11.5 Å². The van der Waals surface area contributed by atoms with Crippen LogP contribution in [0.2, 0.25) is 0 Å². The van der Waals surface area contributed by atoms with E-state index in [1.54, 1.807) is 6.92 Å². The molecular weight excluding hydrogens is 258 g/mol. The molecule has 2 N–H and O–H groups in total. The molecule has 0 heterocycles. The lowest BCUT2D eigenvalue weighted by Crippen LogP contribution is -2.33. The Morgan fingerprint density at radius 2 is 2.05 bits per heavy atom. The maximum absolute atomic E-state index is 10.8. The highest BCUT2D eigenvalue weighted by Gasteiger charge is 2.11. The molecule has 112 valence electrons. The number of ether oxygens (including phenoxy) is 2. The van der Waals surface area contributed by atoms with Crippen LogP contribution in [-0.2, 0) is 11.3 Å². The van der Waals surface area contributed by atoms with Gasteiger partial charge in [-0.1, -0.05) is 13.0 Å². The second-order valence-electron chi connectivity index (χ2n) is 4.50. The molecule has 0 spiro atoms. The van der Waals surface area contributed by atoms with Crippen molar-refractivity contribution >= 4 is 5.97 Å². The summed E-state index contributed by atoms with van der Waals surface area (Å²) in [7, 11) is 0. The van der Waals surface area contributed by atoms with Gasteiger partial charge >= 0.3 is 5.97 Å². The standard InChI is InChI=1S/C15H23NO4/c1-4-8-20-13-7-6-12(9-14(13)19-5-2)10-16-11(3)15(17)18/h6-7,9,11,16H,4-5,8,10H2,1-3H3,(H,17,18). The van der Waals surface area contributed by atoms with Crippen LogP contribution in [0.1, 0.15) is 32.8 Å². The minimum absolute atomic E-state index is 0.474. The molecule has 0 saturated heterocycles. The molecule has 5 heteroatoms. The van der Waals surface area contributed by atoms with E-state index in [1.165, 1.54) is 0 Å². The van der Waals surface area contributed by atoms with E-state index in [0.29, 0.717) is 25.5 Å². The lowest BCUT2D eigenvalue weighted by atomic mass is 10.2. The molecule has 0 fully saturated rings. The van der Waals surface area contributed by atoms with E-state index in [4.69, 9.17) is 14.6 Å². The first-order valence-corrected chi connectivity index (χ1v) is 6.93. The zero-order valence-electron chi connectivity index (χ0n) is 12.3. The third kappa shape index (κ3) is 5.09. The average molecular weight is 281 g/mol. The van der Waals surface area contributed by atoms with E-state index in [2.05, 4.69) is 5.32 Å². The number of rotatable bonds is 9. The summed E-state index contributed by atoms with van der Waals surface area (Å²) >= 11 is 0. The summed E-state index contributed by atoms with van der Waals surface area (Å²) in [6.45, 7) is 7.26. The summed E-state index contributed by atoms with van der Waals surface area (Å²) < 4.78 is 11.2. The molecule has 1 unspecified atom stereocenters. The smallest absolute Gasteiger partial charge is 0.320 e. The Morgan fingerprint density at radius 3 is 2.65 bits per heavy atom. The third-order valence-corrected chi connectivity index (χ3v) is 2.75. The van der Waals surface area contributed by atoms with Crippen molar-refractivity contribution in [1.29, 1.82) is 0 Å². The lowest BCUT2D eigenvalue weighted by Gasteiger charge is -2.14. The zero-order valence-corrected chi connectivity index (χ0v) is 12.3. The normalized spacial score (nSPS) is 11.9. The molecule has 0 aromatic heterocycles. The first kappa shape index (κ1) is 16.3. The molecule has 0 aliphatic carbocycles. The van der Waals surface area contributed by atoms with Crippen molar-refractivity contribution in [2.24, 2.45) is 0 Å². The number of carboxylic acids is 1. The Labute approximate surface area is 119 Å². The number of hydrogen-bond acceptors (Lipinski definition) is 4. The Balaban J connectivity index is 2.73. The quantitative estimate of drug-likeness (QED) is 0.727. The van der Waals surface area contributed by atoms with E-state index in [-0.39, 0.29) is 0 Å². The van der Waals surface area contributed by atoms with Crippen molar-refractivity contribution in [2.45, 2.75) is 39.8 Å². The van der Waals surface area contributed by atoms with Gasteiger partial charge in [-0.2, -0.15) is 0 Å². The molecule has 0 aliphatic heterocycles. The van der Waals surface area contributed by atoms with Crippen LogP contribution in [0, 0.1) is 0 Å². The number of nitrogens with one attached hydrogen (secondary N) is 1. The second-order valence-corrected chi connectivity index (χ2v) is 4.50. The van der Waals surface area contributed by atoms with Crippen LogP contribution in [0.25, 0.3) is 0 Å². The predicted octanol–water partition coefficient (Wildman–Crippen LogP) is 2.44. The SMILES string of the molecule is CCCOc1ccc(CNC(C)C(=O)O)cc1OCC. The van der Waals surface area contributed by atoms with Gasteiger partial charge < -0.3 is 19.9 Å². The largest absolute Gasteiger partial charge is 0.490 e. The molecule has 20 heavy (non-hydrogen) atoms. The lowest BCUT2D eigenvalue weighted by molar-refractivity contribution is -0.139. The highest BCUT2D eigenvalue weighted by molar-refractivity contribution is 5.72. The highest BCUT2D eigenvalue weighted by atomic mass is 16.5. The van der Waals surface area contributed by atoms with Gasteiger partial charge in [0.2, 0.25) is 0 Å². The molecule has 0 radical (unpaired) electrons. The van der Waals surface area contributed by atoms with E-state index in [9.17, 15) is 4.79 Å². The van der Waals surface area contributed by atoms with Gasteiger partial charge in [0, 0.05) is 6.54 Å². The van der Waals surface area contributed by atoms with Gasteiger partial charge in [-0.15, -0.1) is 0 Å². The maximum atomic E-state index is 10.8. The van der Waals surface area contributed by atoms with Gasteiger partial charge in [-0.3, -0.25) is 4.79 Å². The number of hydrogen-bond donors (Lipinski definition) is 2. The summed E-state index contributed by atoms with van der Waals surface area (Å²) in [6.07, 6.45) is 0.936. The van der Waals surface area contributed by atoms with E-state index in [0.717, 1.165) is 17.7 Å². The monoisotopic (exact) mass is 281 g/mol. The van der Waals surface area contributed by atoms with E-state index in [1.807, 2.05) is 32.0 Å². The molecule has 1 aromatic carbocycles. The molecule has 1 aromatic rings. The molecule has 1 rings (SSSR count). The van der Waals surface area contributed by atoms with Crippen molar-refractivity contribution in [3.05, 3.63) is 23.8 Å². The second kappa shape index (κ2) is 8.43.